The maximum absolute atomic E-state index is 6.26. The van der Waals surface area contributed by atoms with Crippen LogP contribution >= 0.6 is 22.6 Å². The summed E-state index contributed by atoms with van der Waals surface area (Å²) in [5.41, 5.74) is 0.324. The first-order valence-electron chi connectivity index (χ1n) is 6.25. The van der Waals surface area contributed by atoms with Crippen molar-refractivity contribution < 1.29 is 9.31 Å². The van der Waals surface area contributed by atoms with E-state index in [1.54, 1.807) is 0 Å². The fourth-order valence-electron chi connectivity index (χ4n) is 4.36. The maximum atomic E-state index is 6.26. The molecule has 4 rings (SSSR count). The maximum Gasteiger partial charge on any atom is 0.468 e. The molecule has 0 aromatic carbocycles. The molecule has 0 aromatic rings. The second kappa shape index (κ2) is 3.18. The van der Waals surface area contributed by atoms with Crippen molar-refractivity contribution in [3.8, 4) is 0 Å². The topological polar surface area (TPSA) is 18.5 Å². The summed E-state index contributed by atoms with van der Waals surface area (Å²) in [7, 11) is 0.00532. The molecule has 4 aliphatic rings. The number of alkyl halides is 1. The third kappa shape index (κ3) is 1.17. The molecule has 3 saturated carbocycles. The quantitative estimate of drug-likeness (QED) is 0.417. The number of halogens is 1. The van der Waals surface area contributed by atoms with Crippen molar-refractivity contribution in [3.05, 3.63) is 0 Å². The number of rotatable bonds is 1. The predicted molar refractivity (Wildman–Crippen MR) is 73.6 cm³/mol. The fraction of sp³-hybridized carbons (Fsp3) is 1.00. The Balaban J connectivity index is 1.97. The van der Waals surface area contributed by atoms with Crippen LogP contribution in [0.2, 0.25) is 0 Å². The van der Waals surface area contributed by atoms with Crippen LogP contribution in [-0.2, 0) is 9.31 Å². The minimum absolute atomic E-state index is 0.00532. The van der Waals surface area contributed by atoms with Gasteiger partial charge in [0.15, 0.2) is 0 Å². The van der Waals surface area contributed by atoms with Gasteiger partial charge in [-0.1, -0.05) is 36.4 Å². The molecule has 4 atom stereocenters. The normalized spacial score (nSPS) is 53.4. The first kappa shape index (κ1) is 11.8. The average Bonchev–Trinajstić information content (AvgIpc) is 2.48. The van der Waals surface area contributed by atoms with Gasteiger partial charge in [0.1, 0.15) is 0 Å². The van der Waals surface area contributed by atoms with E-state index in [0.29, 0.717) is 11.3 Å². The highest BCUT2D eigenvalue weighted by Crippen LogP contribution is 2.69. The molecule has 0 amide bonds. The molecule has 0 N–H and O–H groups in total. The monoisotopic (exact) mass is 334 g/mol. The Morgan fingerprint density at radius 3 is 2.50 bits per heavy atom. The summed E-state index contributed by atoms with van der Waals surface area (Å²) in [6.07, 6.45) is 2.50. The lowest BCUT2D eigenvalue weighted by molar-refractivity contribution is -0.234. The molecule has 0 spiro atoms. The Hall–Kier alpha value is 0.715. The Morgan fingerprint density at radius 2 is 1.94 bits per heavy atom. The van der Waals surface area contributed by atoms with Gasteiger partial charge in [0, 0.05) is 4.33 Å². The van der Waals surface area contributed by atoms with E-state index < -0.39 is 0 Å². The van der Waals surface area contributed by atoms with E-state index in [1.807, 2.05) is 0 Å². The zero-order valence-electron chi connectivity index (χ0n) is 10.5. The molecule has 2 bridgehead atoms. The standard InChI is InChI=1S/C12H20BIO2/c1-10(2)8-5-9(10)12(4)11(3,6-8)15-13(7-14)16-12/h8-9H,5-7H2,1-4H3/t8-,9-,11+,12-/m0/s1. The van der Waals surface area contributed by atoms with E-state index in [-0.39, 0.29) is 18.3 Å². The van der Waals surface area contributed by atoms with Gasteiger partial charge in [-0.25, -0.2) is 0 Å². The van der Waals surface area contributed by atoms with Gasteiger partial charge >= 0.3 is 7.12 Å². The summed E-state index contributed by atoms with van der Waals surface area (Å²) < 4.78 is 13.4. The van der Waals surface area contributed by atoms with Crippen LogP contribution in [0.15, 0.2) is 0 Å². The van der Waals surface area contributed by atoms with Crippen LogP contribution in [0.25, 0.3) is 0 Å². The van der Waals surface area contributed by atoms with Crippen LogP contribution in [-0.4, -0.2) is 22.6 Å². The second-order valence-electron chi connectivity index (χ2n) is 6.67. The van der Waals surface area contributed by atoms with Crippen molar-refractivity contribution in [1.82, 2.24) is 0 Å². The predicted octanol–water partition coefficient (Wildman–Crippen LogP) is 3.08. The van der Waals surface area contributed by atoms with Crippen LogP contribution in [0.5, 0.6) is 0 Å². The van der Waals surface area contributed by atoms with E-state index in [1.165, 1.54) is 12.8 Å². The van der Waals surface area contributed by atoms with Crippen molar-refractivity contribution in [2.45, 2.75) is 51.7 Å². The summed E-state index contributed by atoms with van der Waals surface area (Å²) in [5, 5.41) is 0. The van der Waals surface area contributed by atoms with Crippen LogP contribution in [0.4, 0.5) is 0 Å². The average molecular weight is 334 g/mol. The molecule has 4 fully saturated rings. The minimum Gasteiger partial charge on any atom is -0.402 e. The van der Waals surface area contributed by atoms with Gasteiger partial charge in [0.2, 0.25) is 0 Å². The zero-order chi connectivity index (χ0) is 11.8. The summed E-state index contributed by atoms with van der Waals surface area (Å²) in [6.45, 7) is 9.34. The first-order valence-corrected chi connectivity index (χ1v) is 7.78. The van der Waals surface area contributed by atoms with Crippen molar-refractivity contribution >= 4 is 29.7 Å². The minimum atomic E-state index is -0.0684. The van der Waals surface area contributed by atoms with Gasteiger partial charge in [-0.2, -0.15) is 0 Å². The van der Waals surface area contributed by atoms with Crippen LogP contribution in [0.3, 0.4) is 0 Å². The van der Waals surface area contributed by atoms with Gasteiger partial charge in [-0.05, 0) is 43.9 Å². The molecule has 1 heterocycles. The Bertz CT molecular complexity index is 335. The molecule has 4 heteroatoms. The highest BCUT2D eigenvalue weighted by atomic mass is 127. The highest BCUT2D eigenvalue weighted by molar-refractivity contribution is 14.1. The molecular formula is C12H20BIO2. The van der Waals surface area contributed by atoms with Crippen LogP contribution < -0.4 is 0 Å². The molecule has 0 unspecified atom stereocenters. The third-order valence-corrected chi connectivity index (χ3v) is 6.43. The smallest absolute Gasteiger partial charge is 0.402 e. The fourth-order valence-corrected chi connectivity index (χ4v) is 4.72. The Morgan fingerprint density at radius 1 is 1.25 bits per heavy atom. The van der Waals surface area contributed by atoms with Crippen LogP contribution in [0.1, 0.15) is 40.5 Å². The Kier molecular flexibility index (Phi) is 2.34. The first-order chi connectivity index (χ1) is 7.33. The molecular weight excluding hydrogens is 314 g/mol. The van der Waals surface area contributed by atoms with Gasteiger partial charge < -0.3 is 9.31 Å². The van der Waals surface area contributed by atoms with E-state index >= 15 is 0 Å². The molecule has 3 aliphatic carbocycles. The van der Waals surface area contributed by atoms with E-state index in [2.05, 4.69) is 50.3 Å². The van der Waals surface area contributed by atoms with Gasteiger partial charge in [0.05, 0.1) is 11.2 Å². The van der Waals surface area contributed by atoms with E-state index in [0.717, 1.165) is 10.2 Å². The SMILES string of the molecule is CC1(C)[C@H]2C[C@@H]1[C@]1(C)OB(CI)O[C@]1(C)C2. The molecule has 16 heavy (non-hydrogen) atoms. The van der Waals surface area contributed by atoms with Gasteiger partial charge in [-0.15, -0.1) is 0 Å². The molecule has 1 aliphatic heterocycles. The van der Waals surface area contributed by atoms with Crippen LogP contribution in [0, 0.1) is 17.3 Å². The van der Waals surface area contributed by atoms with Crippen molar-refractivity contribution in [1.29, 1.82) is 0 Å². The molecule has 90 valence electrons. The summed E-state index contributed by atoms with van der Waals surface area (Å²) in [5.74, 6) is 1.49. The lowest BCUT2D eigenvalue weighted by Crippen LogP contribution is -2.70. The largest absolute Gasteiger partial charge is 0.468 e. The van der Waals surface area contributed by atoms with Crippen molar-refractivity contribution in [2.24, 2.45) is 17.3 Å². The lowest BCUT2D eigenvalue weighted by atomic mass is 9.41. The van der Waals surface area contributed by atoms with E-state index in [4.69, 9.17) is 9.31 Å². The van der Waals surface area contributed by atoms with Crippen molar-refractivity contribution in [2.75, 3.05) is 4.33 Å². The zero-order valence-corrected chi connectivity index (χ0v) is 12.7. The molecule has 1 saturated heterocycles. The number of hydrogen-bond donors (Lipinski definition) is 0. The number of hydrogen-bond acceptors (Lipinski definition) is 2. The summed E-state index contributed by atoms with van der Waals surface area (Å²) >= 11 is 2.36. The second-order valence-corrected chi connectivity index (χ2v) is 7.55. The summed E-state index contributed by atoms with van der Waals surface area (Å²) in [6, 6.07) is 0. The Labute approximate surface area is 112 Å². The lowest BCUT2D eigenvalue weighted by Gasteiger charge is -2.67. The third-order valence-electron chi connectivity index (χ3n) is 5.72. The molecule has 0 aromatic heterocycles. The van der Waals surface area contributed by atoms with E-state index in [9.17, 15) is 0 Å². The van der Waals surface area contributed by atoms with Gasteiger partial charge in [0.25, 0.3) is 0 Å². The molecule has 0 radical (unpaired) electrons. The molecule has 2 nitrogen and oxygen atoms in total. The van der Waals surface area contributed by atoms with Gasteiger partial charge in [-0.3, -0.25) is 0 Å². The highest BCUT2D eigenvalue weighted by Gasteiger charge is 2.72. The van der Waals surface area contributed by atoms with Crippen molar-refractivity contribution in [3.63, 3.8) is 0 Å². The summed E-state index contributed by atoms with van der Waals surface area (Å²) in [4.78, 5) is 0.